The standard InChI is InChI=1S/C15H21NO3/c1-5-10(2)16-15(18)12(4)19-14-8-6-7-13(9-14)11(3)17/h6-10,12H,5H2,1-4H3,(H,16,18). The number of benzene rings is 1. The maximum atomic E-state index is 11.8. The van der Waals surface area contributed by atoms with Gasteiger partial charge in [0.25, 0.3) is 5.91 Å². The zero-order valence-corrected chi connectivity index (χ0v) is 11.9. The third kappa shape index (κ3) is 4.73. The van der Waals surface area contributed by atoms with Crippen molar-refractivity contribution in [3.8, 4) is 5.75 Å². The molecule has 1 aromatic rings. The topological polar surface area (TPSA) is 55.4 Å². The monoisotopic (exact) mass is 263 g/mol. The number of Topliss-reactive ketones (excluding diaryl/α,β-unsaturated/α-hetero) is 1. The fourth-order valence-corrected chi connectivity index (χ4v) is 1.51. The fraction of sp³-hybridized carbons (Fsp3) is 0.467. The summed E-state index contributed by atoms with van der Waals surface area (Å²) < 4.78 is 5.55. The van der Waals surface area contributed by atoms with Crippen LogP contribution in [0.4, 0.5) is 0 Å². The van der Waals surface area contributed by atoms with Gasteiger partial charge >= 0.3 is 0 Å². The van der Waals surface area contributed by atoms with Gasteiger partial charge < -0.3 is 10.1 Å². The van der Waals surface area contributed by atoms with Crippen molar-refractivity contribution in [2.75, 3.05) is 0 Å². The third-order valence-corrected chi connectivity index (χ3v) is 2.92. The van der Waals surface area contributed by atoms with Crippen LogP contribution in [0.2, 0.25) is 0 Å². The van der Waals surface area contributed by atoms with Gasteiger partial charge in [-0.15, -0.1) is 0 Å². The lowest BCUT2D eigenvalue weighted by molar-refractivity contribution is -0.127. The summed E-state index contributed by atoms with van der Waals surface area (Å²) in [7, 11) is 0. The second-order valence-electron chi connectivity index (χ2n) is 4.66. The third-order valence-electron chi connectivity index (χ3n) is 2.92. The smallest absolute Gasteiger partial charge is 0.260 e. The van der Waals surface area contributed by atoms with Crippen LogP contribution in [-0.4, -0.2) is 23.8 Å². The van der Waals surface area contributed by atoms with Crippen molar-refractivity contribution in [3.63, 3.8) is 0 Å². The van der Waals surface area contributed by atoms with Crippen LogP contribution < -0.4 is 10.1 Å². The van der Waals surface area contributed by atoms with Gasteiger partial charge in [-0.2, -0.15) is 0 Å². The van der Waals surface area contributed by atoms with Crippen molar-refractivity contribution < 1.29 is 14.3 Å². The maximum absolute atomic E-state index is 11.8. The van der Waals surface area contributed by atoms with E-state index >= 15 is 0 Å². The lowest BCUT2D eigenvalue weighted by atomic mass is 10.1. The van der Waals surface area contributed by atoms with Crippen molar-refractivity contribution in [1.29, 1.82) is 0 Å². The second kappa shape index (κ2) is 6.92. The first-order chi connectivity index (χ1) is 8.93. The Morgan fingerprint density at radius 1 is 1.32 bits per heavy atom. The van der Waals surface area contributed by atoms with Gasteiger partial charge in [0.05, 0.1) is 0 Å². The van der Waals surface area contributed by atoms with Gasteiger partial charge in [-0.3, -0.25) is 9.59 Å². The van der Waals surface area contributed by atoms with E-state index < -0.39 is 6.10 Å². The minimum absolute atomic E-state index is 0.0258. The summed E-state index contributed by atoms with van der Waals surface area (Å²) in [5, 5.41) is 2.86. The van der Waals surface area contributed by atoms with Gasteiger partial charge in [0.15, 0.2) is 11.9 Å². The van der Waals surface area contributed by atoms with Gasteiger partial charge in [0, 0.05) is 11.6 Å². The highest BCUT2D eigenvalue weighted by Crippen LogP contribution is 2.15. The average molecular weight is 263 g/mol. The number of carbonyl (C=O) groups is 2. The van der Waals surface area contributed by atoms with Crippen molar-refractivity contribution in [1.82, 2.24) is 5.32 Å². The minimum atomic E-state index is -0.587. The molecule has 0 aliphatic rings. The zero-order chi connectivity index (χ0) is 14.4. The molecule has 4 nitrogen and oxygen atoms in total. The van der Waals surface area contributed by atoms with E-state index in [1.54, 1.807) is 31.2 Å². The highest BCUT2D eigenvalue weighted by molar-refractivity contribution is 5.94. The SMILES string of the molecule is CCC(C)NC(=O)C(C)Oc1cccc(C(C)=O)c1. The van der Waals surface area contributed by atoms with Crippen molar-refractivity contribution in [2.45, 2.75) is 46.3 Å². The van der Waals surface area contributed by atoms with Gasteiger partial charge in [0.2, 0.25) is 0 Å². The van der Waals surface area contributed by atoms with Crippen molar-refractivity contribution in [3.05, 3.63) is 29.8 Å². The summed E-state index contributed by atoms with van der Waals surface area (Å²) in [6.45, 7) is 7.14. The predicted molar refractivity (Wildman–Crippen MR) is 74.4 cm³/mol. The number of amides is 1. The Balaban J connectivity index is 2.66. The molecule has 0 radical (unpaired) electrons. The minimum Gasteiger partial charge on any atom is -0.481 e. The van der Waals surface area contributed by atoms with Gasteiger partial charge in [-0.1, -0.05) is 19.1 Å². The summed E-state index contributed by atoms with van der Waals surface area (Å²) in [6, 6.07) is 6.97. The Hall–Kier alpha value is -1.84. The first-order valence-electron chi connectivity index (χ1n) is 6.52. The summed E-state index contributed by atoms with van der Waals surface area (Å²) >= 11 is 0. The molecule has 104 valence electrons. The number of hydrogen-bond donors (Lipinski definition) is 1. The molecule has 1 amide bonds. The van der Waals surface area contributed by atoms with E-state index in [0.717, 1.165) is 6.42 Å². The maximum Gasteiger partial charge on any atom is 0.260 e. The number of carbonyl (C=O) groups excluding carboxylic acids is 2. The molecule has 0 aliphatic heterocycles. The van der Waals surface area contributed by atoms with E-state index in [1.807, 2.05) is 13.8 Å². The molecule has 0 fully saturated rings. The molecular weight excluding hydrogens is 242 g/mol. The number of hydrogen-bond acceptors (Lipinski definition) is 3. The van der Waals surface area contributed by atoms with Crippen molar-refractivity contribution >= 4 is 11.7 Å². The molecule has 1 rings (SSSR count). The Morgan fingerprint density at radius 2 is 2.00 bits per heavy atom. The number of ether oxygens (including phenoxy) is 1. The molecule has 0 bridgehead atoms. The van der Waals surface area contributed by atoms with E-state index in [9.17, 15) is 9.59 Å². The number of ketones is 1. The summed E-state index contributed by atoms with van der Waals surface area (Å²) in [5.41, 5.74) is 0.576. The van der Waals surface area contributed by atoms with Crippen LogP contribution in [0.3, 0.4) is 0 Å². The predicted octanol–water partition coefficient (Wildman–Crippen LogP) is 2.57. The molecule has 19 heavy (non-hydrogen) atoms. The molecule has 0 aliphatic carbocycles. The molecule has 2 unspecified atom stereocenters. The Labute approximate surface area is 114 Å². The Kier molecular flexibility index (Phi) is 5.55. The van der Waals surface area contributed by atoms with E-state index in [1.165, 1.54) is 6.92 Å². The van der Waals surface area contributed by atoms with E-state index in [2.05, 4.69) is 5.32 Å². The average Bonchev–Trinajstić information content (AvgIpc) is 2.38. The molecule has 1 N–H and O–H groups in total. The quantitative estimate of drug-likeness (QED) is 0.802. The summed E-state index contributed by atoms with van der Waals surface area (Å²) in [5.74, 6) is 0.351. The summed E-state index contributed by atoms with van der Waals surface area (Å²) in [4.78, 5) is 23.1. The molecule has 2 atom stereocenters. The molecule has 0 aromatic heterocycles. The highest BCUT2D eigenvalue weighted by Gasteiger charge is 2.16. The lowest BCUT2D eigenvalue weighted by Crippen LogP contribution is -2.40. The zero-order valence-electron chi connectivity index (χ0n) is 11.9. The molecule has 1 aromatic carbocycles. The molecule has 0 saturated carbocycles. The normalized spacial score (nSPS) is 13.5. The Bertz CT molecular complexity index is 456. The van der Waals surface area contributed by atoms with Crippen LogP contribution in [0.1, 0.15) is 44.5 Å². The summed E-state index contributed by atoms with van der Waals surface area (Å²) in [6.07, 6.45) is 0.286. The van der Waals surface area contributed by atoms with Gasteiger partial charge in [0.1, 0.15) is 5.75 Å². The Morgan fingerprint density at radius 3 is 2.58 bits per heavy atom. The van der Waals surface area contributed by atoms with Crippen LogP contribution in [0.25, 0.3) is 0 Å². The highest BCUT2D eigenvalue weighted by atomic mass is 16.5. The molecule has 0 saturated heterocycles. The first kappa shape index (κ1) is 15.2. The van der Waals surface area contributed by atoms with Crippen LogP contribution in [0.5, 0.6) is 5.75 Å². The van der Waals surface area contributed by atoms with Gasteiger partial charge in [-0.05, 0) is 39.3 Å². The fourth-order valence-electron chi connectivity index (χ4n) is 1.51. The van der Waals surface area contributed by atoms with Crippen LogP contribution >= 0.6 is 0 Å². The van der Waals surface area contributed by atoms with Crippen LogP contribution in [0.15, 0.2) is 24.3 Å². The van der Waals surface area contributed by atoms with E-state index in [0.29, 0.717) is 11.3 Å². The number of rotatable bonds is 6. The molecule has 0 spiro atoms. The van der Waals surface area contributed by atoms with E-state index in [-0.39, 0.29) is 17.7 Å². The molecule has 0 heterocycles. The lowest BCUT2D eigenvalue weighted by Gasteiger charge is -2.18. The van der Waals surface area contributed by atoms with E-state index in [4.69, 9.17) is 4.74 Å². The van der Waals surface area contributed by atoms with Crippen LogP contribution in [0, 0.1) is 0 Å². The first-order valence-corrected chi connectivity index (χ1v) is 6.52. The van der Waals surface area contributed by atoms with Crippen molar-refractivity contribution in [2.24, 2.45) is 0 Å². The number of nitrogens with one attached hydrogen (secondary N) is 1. The van der Waals surface area contributed by atoms with Crippen LogP contribution in [-0.2, 0) is 4.79 Å². The largest absolute Gasteiger partial charge is 0.481 e. The molecule has 4 heteroatoms. The molecular formula is C15H21NO3. The van der Waals surface area contributed by atoms with Gasteiger partial charge in [-0.25, -0.2) is 0 Å². The second-order valence-corrected chi connectivity index (χ2v) is 4.66.